The van der Waals surface area contributed by atoms with Crippen LogP contribution >= 0.6 is 0 Å². The van der Waals surface area contributed by atoms with Gasteiger partial charge in [0.15, 0.2) is 0 Å². The van der Waals surface area contributed by atoms with Crippen molar-refractivity contribution in [2.75, 3.05) is 32.7 Å². The summed E-state index contributed by atoms with van der Waals surface area (Å²) in [6, 6.07) is 6.17. The summed E-state index contributed by atoms with van der Waals surface area (Å²) in [7, 11) is 5.69. The number of anilines is 1. The fraction of sp³-hybridized carbons (Fsp3) is 0.538. The lowest BCUT2D eigenvalue weighted by Gasteiger charge is -2.17. The maximum absolute atomic E-state index is 9.05. The highest BCUT2D eigenvalue weighted by molar-refractivity contribution is 5.53. The normalized spacial score (nSPS) is 12.3. The molecule has 0 aliphatic heterocycles. The van der Waals surface area contributed by atoms with Gasteiger partial charge in [-0.2, -0.15) is 0 Å². The van der Waals surface area contributed by atoms with Gasteiger partial charge in [0.05, 0.1) is 7.11 Å². The summed E-state index contributed by atoms with van der Waals surface area (Å²) in [5, 5.41) is 9.05. The van der Waals surface area contributed by atoms with E-state index < -0.39 is 0 Å². The molecule has 1 rings (SSSR count). The molecule has 0 fully saturated rings. The zero-order valence-corrected chi connectivity index (χ0v) is 10.5. The van der Waals surface area contributed by atoms with Gasteiger partial charge in [-0.1, -0.05) is 13.0 Å². The summed E-state index contributed by atoms with van der Waals surface area (Å²) < 4.78 is 5.37. The Morgan fingerprint density at radius 1 is 1.38 bits per heavy atom. The molecule has 0 saturated carbocycles. The molecule has 1 N–H and O–H groups in total. The Labute approximate surface area is 97.7 Å². The molecule has 3 heteroatoms. The maximum Gasteiger partial charge on any atom is 0.124 e. The lowest BCUT2D eigenvalue weighted by molar-refractivity contribution is 0.236. The van der Waals surface area contributed by atoms with E-state index in [-0.39, 0.29) is 12.5 Å². The molecule has 1 aromatic rings. The van der Waals surface area contributed by atoms with Gasteiger partial charge in [-0.05, 0) is 24.0 Å². The van der Waals surface area contributed by atoms with Crippen LogP contribution in [0.5, 0.6) is 5.75 Å². The molecule has 0 saturated heterocycles. The highest BCUT2D eigenvalue weighted by Gasteiger charge is 2.09. The molecular formula is C13H21NO2. The summed E-state index contributed by atoms with van der Waals surface area (Å²) in [4.78, 5) is 2.04. The molecule has 90 valence electrons. The molecule has 0 aliphatic rings. The number of aliphatic hydroxyl groups excluding tert-OH is 1. The average Bonchev–Trinajstić information content (AvgIpc) is 2.29. The molecule has 0 spiro atoms. The van der Waals surface area contributed by atoms with Crippen LogP contribution in [0.4, 0.5) is 5.69 Å². The fourth-order valence-corrected chi connectivity index (χ4v) is 1.62. The van der Waals surface area contributed by atoms with Crippen LogP contribution < -0.4 is 9.64 Å². The highest BCUT2D eigenvalue weighted by Crippen LogP contribution is 2.26. The van der Waals surface area contributed by atoms with Gasteiger partial charge in [-0.3, -0.25) is 0 Å². The van der Waals surface area contributed by atoms with Crippen LogP contribution in [-0.4, -0.2) is 32.9 Å². The van der Waals surface area contributed by atoms with Gasteiger partial charge in [-0.25, -0.2) is 0 Å². The van der Waals surface area contributed by atoms with E-state index in [2.05, 4.69) is 12.1 Å². The summed E-state index contributed by atoms with van der Waals surface area (Å²) in [5.74, 6) is 1.16. The Kier molecular flexibility index (Phi) is 4.62. The van der Waals surface area contributed by atoms with Crippen molar-refractivity contribution in [3.05, 3.63) is 23.8 Å². The van der Waals surface area contributed by atoms with E-state index in [0.717, 1.165) is 23.4 Å². The van der Waals surface area contributed by atoms with Crippen LogP contribution in [0, 0.1) is 5.92 Å². The second kappa shape index (κ2) is 5.75. The van der Waals surface area contributed by atoms with Crippen LogP contribution in [0.2, 0.25) is 0 Å². The molecule has 0 radical (unpaired) electrons. The maximum atomic E-state index is 9.05. The summed E-state index contributed by atoms with van der Waals surface area (Å²) in [6.07, 6.45) is 0.841. The van der Waals surface area contributed by atoms with Crippen molar-refractivity contribution in [3.63, 3.8) is 0 Å². The third kappa shape index (κ3) is 3.14. The predicted octanol–water partition coefficient (Wildman–Crippen LogP) is 1.93. The zero-order valence-electron chi connectivity index (χ0n) is 10.5. The van der Waals surface area contributed by atoms with Gasteiger partial charge in [-0.15, -0.1) is 0 Å². The summed E-state index contributed by atoms with van der Waals surface area (Å²) in [5.41, 5.74) is 2.27. The number of methoxy groups -OCH3 is 1. The standard InChI is InChI=1S/C13H21NO2/c1-10(9-15)7-11-5-6-12(14(2)3)8-13(11)16-4/h5-6,8,10,15H,7,9H2,1-4H3. The topological polar surface area (TPSA) is 32.7 Å². The molecule has 3 nitrogen and oxygen atoms in total. The largest absolute Gasteiger partial charge is 0.496 e. The molecule has 0 aliphatic carbocycles. The van der Waals surface area contributed by atoms with Crippen molar-refractivity contribution in [1.82, 2.24) is 0 Å². The summed E-state index contributed by atoms with van der Waals surface area (Å²) in [6.45, 7) is 2.23. The second-order valence-corrected chi connectivity index (χ2v) is 4.38. The number of hydrogen-bond donors (Lipinski definition) is 1. The minimum atomic E-state index is 0.207. The van der Waals surface area contributed by atoms with Gasteiger partial charge in [0.25, 0.3) is 0 Å². The third-order valence-electron chi connectivity index (χ3n) is 2.67. The van der Waals surface area contributed by atoms with E-state index in [1.54, 1.807) is 7.11 Å². The number of hydrogen-bond acceptors (Lipinski definition) is 3. The minimum absolute atomic E-state index is 0.207. The molecule has 0 aromatic heterocycles. The van der Waals surface area contributed by atoms with Crippen LogP contribution in [-0.2, 0) is 6.42 Å². The first-order valence-corrected chi connectivity index (χ1v) is 5.53. The summed E-state index contributed by atoms with van der Waals surface area (Å²) >= 11 is 0. The van der Waals surface area contributed by atoms with E-state index >= 15 is 0 Å². The Morgan fingerprint density at radius 3 is 2.56 bits per heavy atom. The molecule has 0 bridgehead atoms. The van der Waals surface area contributed by atoms with Gasteiger partial charge in [0, 0.05) is 32.5 Å². The predicted molar refractivity (Wildman–Crippen MR) is 67.3 cm³/mol. The Balaban J connectivity index is 2.93. The lowest BCUT2D eigenvalue weighted by Crippen LogP contribution is -2.10. The number of rotatable bonds is 5. The van der Waals surface area contributed by atoms with Gasteiger partial charge in [0.1, 0.15) is 5.75 Å². The molecule has 1 unspecified atom stereocenters. The van der Waals surface area contributed by atoms with E-state index in [1.165, 1.54) is 0 Å². The van der Waals surface area contributed by atoms with Crippen LogP contribution in [0.15, 0.2) is 18.2 Å². The number of aliphatic hydroxyl groups is 1. The number of ether oxygens (including phenoxy) is 1. The van der Waals surface area contributed by atoms with E-state index in [9.17, 15) is 0 Å². The average molecular weight is 223 g/mol. The Hall–Kier alpha value is -1.22. The quantitative estimate of drug-likeness (QED) is 0.828. The molecule has 1 aromatic carbocycles. The lowest BCUT2D eigenvalue weighted by atomic mass is 10.0. The third-order valence-corrected chi connectivity index (χ3v) is 2.67. The van der Waals surface area contributed by atoms with Crippen molar-refractivity contribution in [2.45, 2.75) is 13.3 Å². The molecule has 1 atom stereocenters. The zero-order chi connectivity index (χ0) is 12.1. The fourth-order valence-electron chi connectivity index (χ4n) is 1.62. The smallest absolute Gasteiger partial charge is 0.124 e. The first kappa shape index (κ1) is 12.8. The van der Waals surface area contributed by atoms with Gasteiger partial charge < -0.3 is 14.7 Å². The van der Waals surface area contributed by atoms with E-state index in [4.69, 9.17) is 9.84 Å². The van der Waals surface area contributed by atoms with Crippen LogP contribution in [0.25, 0.3) is 0 Å². The van der Waals surface area contributed by atoms with Crippen LogP contribution in [0.1, 0.15) is 12.5 Å². The van der Waals surface area contributed by atoms with E-state index in [1.807, 2.05) is 32.0 Å². The van der Waals surface area contributed by atoms with Crippen molar-refractivity contribution in [1.29, 1.82) is 0 Å². The Bertz CT molecular complexity index is 337. The SMILES string of the molecule is COc1cc(N(C)C)ccc1CC(C)CO. The first-order valence-electron chi connectivity index (χ1n) is 5.53. The molecular weight excluding hydrogens is 202 g/mol. The minimum Gasteiger partial charge on any atom is -0.496 e. The van der Waals surface area contributed by atoms with Gasteiger partial charge >= 0.3 is 0 Å². The highest BCUT2D eigenvalue weighted by atomic mass is 16.5. The molecule has 0 amide bonds. The van der Waals surface area contributed by atoms with Crippen molar-refractivity contribution in [3.8, 4) is 5.75 Å². The van der Waals surface area contributed by atoms with Crippen LogP contribution in [0.3, 0.4) is 0 Å². The van der Waals surface area contributed by atoms with Crippen molar-refractivity contribution < 1.29 is 9.84 Å². The number of nitrogens with zero attached hydrogens (tertiary/aromatic N) is 1. The molecule has 16 heavy (non-hydrogen) atoms. The van der Waals surface area contributed by atoms with Gasteiger partial charge in [0.2, 0.25) is 0 Å². The second-order valence-electron chi connectivity index (χ2n) is 4.38. The van der Waals surface area contributed by atoms with Crippen molar-refractivity contribution in [2.24, 2.45) is 5.92 Å². The monoisotopic (exact) mass is 223 g/mol. The van der Waals surface area contributed by atoms with E-state index in [0.29, 0.717) is 0 Å². The molecule has 0 heterocycles. The Morgan fingerprint density at radius 2 is 2.06 bits per heavy atom. The number of benzene rings is 1. The first-order chi connectivity index (χ1) is 7.58. The van der Waals surface area contributed by atoms with Crippen molar-refractivity contribution >= 4 is 5.69 Å².